The Morgan fingerprint density at radius 3 is 2.48 bits per heavy atom. The standard InChI is InChI=1S/C14H25NO5Si/c1-6-19-13(17)15-12(11-7-18-9-20-11)14(15,10(2)16)8-21(3,4)5/h11-12H,6-9H2,1-5H3/t11-,12-,14-,15?/m1/s1. The van der Waals surface area contributed by atoms with E-state index >= 15 is 0 Å². The Labute approximate surface area is 126 Å². The second-order valence-corrected chi connectivity index (χ2v) is 12.4. The molecular weight excluding hydrogens is 290 g/mol. The summed E-state index contributed by atoms with van der Waals surface area (Å²) >= 11 is 0. The summed E-state index contributed by atoms with van der Waals surface area (Å²) in [5, 5.41) is 0. The minimum atomic E-state index is -1.56. The highest BCUT2D eigenvalue weighted by Crippen LogP contribution is 2.51. The lowest BCUT2D eigenvalue weighted by molar-refractivity contribution is -0.120. The molecular formula is C14H25NO5Si. The third-order valence-corrected chi connectivity index (χ3v) is 5.60. The van der Waals surface area contributed by atoms with Gasteiger partial charge in [0.1, 0.15) is 18.4 Å². The highest BCUT2D eigenvalue weighted by atomic mass is 28.3. The van der Waals surface area contributed by atoms with Crippen molar-refractivity contribution in [2.24, 2.45) is 0 Å². The fourth-order valence-corrected chi connectivity index (χ4v) is 5.57. The van der Waals surface area contributed by atoms with Crippen LogP contribution in [0.5, 0.6) is 0 Å². The van der Waals surface area contributed by atoms with Gasteiger partial charge in [-0.05, 0) is 19.9 Å². The molecule has 1 amide bonds. The van der Waals surface area contributed by atoms with Crippen LogP contribution in [0.2, 0.25) is 25.7 Å². The molecule has 0 saturated carbocycles. The zero-order valence-corrected chi connectivity index (χ0v) is 14.5. The normalized spacial score (nSPS) is 32.1. The monoisotopic (exact) mass is 315 g/mol. The molecule has 0 radical (unpaired) electrons. The molecule has 2 saturated heterocycles. The van der Waals surface area contributed by atoms with E-state index in [1.165, 1.54) is 0 Å². The van der Waals surface area contributed by atoms with Gasteiger partial charge < -0.3 is 14.2 Å². The SMILES string of the molecule is CCOC(=O)N1[C@H]([C@H]2COCO2)[C@@]1(C[Si](C)(C)C)C(C)=O. The summed E-state index contributed by atoms with van der Waals surface area (Å²) in [6.07, 6.45) is -0.666. The Balaban J connectivity index is 2.29. The number of amides is 1. The summed E-state index contributed by atoms with van der Waals surface area (Å²) in [6, 6.07) is 0.460. The summed E-state index contributed by atoms with van der Waals surface area (Å²) < 4.78 is 15.9. The number of carbonyl (C=O) groups is 2. The lowest BCUT2D eigenvalue weighted by Crippen LogP contribution is -2.40. The van der Waals surface area contributed by atoms with Crippen molar-refractivity contribution in [3.8, 4) is 0 Å². The van der Waals surface area contributed by atoms with Gasteiger partial charge in [-0.1, -0.05) is 19.6 Å². The number of hydrogen-bond donors (Lipinski definition) is 0. The molecule has 7 heteroatoms. The first-order valence-electron chi connectivity index (χ1n) is 7.40. The van der Waals surface area contributed by atoms with E-state index in [2.05, 4.69) is 19.6 Å². The molecule has 3 atom stereocenters. The molecule has 0 unspecified atom stereocenters. The molecule has 2 heterocycles. The first-order chi connectivity index (χ1) is 9.74. The summed E-state index contributed by atoms with van der Waals surface area (Å²) in [5.41, 5.74) is -0.769. The van der Waals surface area contributed by atoms with Crippen LogP contribution >= 0.6 is 0 Å². The van der Waals surface area contributed by atoms with Crippen molar-refractivity contribution in [3.05, 3.63) is 0 Å². The van der Waals surface area contributed by atoms with Gasteiger partial charge in [0, 0.05) is 8.07 Å². The van der Waals surface area contributed by atoms with Crippen molar-refractivity contribution in [2.45, 2.75) is 57.2 Å². The number of carbonyl (C=O) groups excluding carboxylic acids is 2. The Kier molecular flexibility index (Phi) is 4.46. The Morgan fingerprint density at radius 1 is 1.38 bits per heavy atom. The summed E-state index contributed by atoms with van der Waals surface area (Å²) in [7, 11) is -1.56. The average molecular weight is 315 g/mol. The van der Waals surface area contributed by atoms with Crippen LogP contribution < -0.4 is 0 Å². The predicted octanol–water partition coefficient (Wildman–Crippen LogP) is 1.87. The first kappa shape index (κ1) is 16.4. The van der Waals surface area contributed by atoms with E-state index in [4.69, 9.17) is 14.2 Å². The van der Waals surface area contributed by atoms with E-state index in [1.54, 1.807) is 18.7 Å². The number of hydrogen-bond acceptors (Lipinski definition) is 5. The second-order valence-electron chi connectivity index (χ2n) is 6.93. The highest BCUT2D eigenvalue weighted by Gasteiger charge is 2.73. The maximum atomic E-state index is 12.4. The van der Waals surface area contributed by atoms with Crippen LogP contribution in [0, 0.1) is 0 Å². The Bertz CT molecular complexity index is 430. The quantitative estimate of drug-likeness (QED) is 0.572. The highest BCUT2D eigenvalue weighted by molar-refractivity contribution is 6.76. The van der Waals surface area contributed by atoms with Gasteiger partial charge in [-0.15, -0.1) is 0 Å². The van der Waals surface area contributed by atoms with E-state index in [0.29, 0.717) is 13.2 Å². The van der Waals surface area contributed by atoms with Crippen molar-refractivity contribution in [1.82, 2.24) is 4.90 Å². The maximum Gasteiger partial charge on any atom is 0.411 e. The number of nitrogens with zero attached hydrogens (tertiary/aromatic N) is 1. The van der Waals surface area contributed by atoms with Crippen molar-refractivity contribution in [2.75, 3.05) is 20.0 Å². The molecule has 0 N–H and O–H groups in total. The average Bonchev–Trinajstić information content (AvgIpc) is 2.75. The largest absolute Gasteiger partial charge is 0.450 e. The fraction of sp³-hybridized carbons (Fsp3) is 0.857. The van der Waals surface area contributed by atoms with Crippen LogP contribution in [0.1, 0.15) is 13.8 Å². The second kappa shape index (κ2) is 5.70. The molecule has 2 rings (SSSR count). The Hall–Kier alpha value is -0.923. The molecule has 0 aromatic rings. The lowest BCUT2D eigenvalue weighted by Gasteiger charge is -2.23. The van der Waals surface area contributed by atoms with Gasteiger partial charge in [0.05, 0.1) is 19.3 Å². The van der Waals surface area contributed by atoms with E-state index < -0.39 is 19.7 Å². The summed E-state index contributed by atoms with van der Waals surface area (Å²) in [6.45, 7) is 10.8. The summed E-state index contributed by atoms with van der Waals surface area (Å²) in [5.74, 6) is 0.0125. The molecule has 0 spiro atoms. The van der Waals surface area contributed by atoms with Gasteiger partial charge in [-0.25, -0.2) is 4.79 Å². The topological polar surface area (TPSA) is 64.8 Å². The molecule has 0 aromatic carbocycles. The number of ether oxygens (including phenoxy) is 3. The van der Waals surface area contributed by atoms with E-state index in [-0.39, 0.29) is 24.7 Å². The van der Waals surface area contributed by atoms with Crippen molar-refractivity contribution < 1.29 is 23.8 Å². The zero-order chi connectivity index (χ0) is 15.8. The molecule has 2 fully saturated rings. The van der Waals surface area contributed by atoms with Gasteiger partial charge in [-0.2, -0.15) is 0 Å². The molecule has 120 valence electrons. The lowest BCUT2D eigenvalue weighted by atomic mass is 9.99. The smallest absolute Gasteiger partial charge is 0.411 e. The van der Waals surface area contributed by atoms with Crippen LogP contribution in [-0.4, -0.2) is 62.5 Å². The van der Waals surface area contributed by atoms with Gasteiger partial charge in [-0.3, -0.25) is 9.69 Å². The van der Waals surface area contributed by atoms with Gasteiger partial charge in [0.15, 0.2) is 5.78 Å². The van der Waals surface area contributed by atoms with Crippen LogP contribution in [0.25, 0.3) is 0 Å². The van der Waals surface area contributed by atoms with Crippen LogP contribution in [-0.2, 0) is 19.0 Å². The van der Waals surface area contributed by atoms with E-state index in [0.717, 1.165) is 6.04 Å². The number of rotatable bonds is 5. The van der Waals surface area contributed by atoms with Crippen LogP contribution in [0.3, 0.4) is 0 Å². The van der Waals surface area contributed by atoms with Crippen molar-refractivity contribution in [1.29, 1.82) is 0 Å². The van der Waals surface area contributed by atoms with Crippen LogP contribution in [0.4, 0.5) is 4.79 Å². The molecule has 0 aromatic heterocycles. The van der Waals surface area contributed by atoms with Crippen molar-refractivity contribution in [3.63, 3.8) is 0 Å². The summed E-state index contributed by atoms with van der Waals surface area (Å²) in [4.78, 5) is 26.2. The predicted molar refractivity (Wildman–Crippen MR) is 79.9 cm³/mol. The number of ketones is 1. The zero-order valence-electron chi connectivity index (χ0n) is 13.5. The van der Waals surface area contributed by atoms with E-state index in [1.807, 2.05) is 0 Å². The molecule has 6 nitrogen and oxygen atoms in total. The Morgan fingerprint density at radius 2 is 2.05 bits per heavy atom. The first-order valence-corrected chi connectivity index (χ1v) is 11.1. The molecule has 0 bridgehead atoms. The van der Waals surface area contributed by atoms with Gasteiger partial charge in [0.2, 0.25) is 0 Å². The minimum Gasteiger partial charge on any atom is -0.450 e. The van der Waals surface area contributed by atoms with Crippen molar-refractivity contribution >= 4 is 20.0 Å². The van der Waals surface area contributed by atoms with Crippen LogP contribution in [0.15, 0.2) is 0 Å². The third-order valence-electron chi connectivity index (χ3n) is 4.00. The third kappa shape index (κ3) is 3.00. The number of Topliss-reactive ketones (excluding diaryl/α,β-unsaturated/α-hetero) is 1. The minimum absolute atomic E-state index is 0.0125. The maximum absolute atomic E-state index is 12.4. The molecule has 2 aliphatic rings. The van der Waals surface area contributed by atoms with Gasteiger partial charge in [0.25, 0.3) is 0 Å². The molecule has 21 heavy (non-hydrogen) atoms. The molecule has 0 aliphatic carbocycles. The fourth-order valence-electron chi connectivity index (χ4n) is 3.33. The molecule has 2 aliphatic heterocycles. The van der Waals surface area contributed by atoms with E-state index in [9.17, 15) is 9.59 Å². The van der Waals surface area contributed by atoms with Gasteiger partial charge >= 0.3 is 6.09 Å².